The van der Waals surface area contributed by atoms with E-state index in [1.54, 1.807) is 0 Å². The molecule has 0 radical (unpaired) electrons. The molecular weight excluding hydrogens is 518 g/mol. The number of rotatable bonds is 9. The van der Waals surface area contributed by atoms with E-state index in [-0.39, 0.29) is 33.8 Å². The summed E-state index contributed by atoms with van der Waals surface area (Å²) in [6.45, 7) is -0.150. The van der Waals surface area contributed by atoms with Crippen LogP contribution in [0.3, 0.4) is 0 Å². The Labute approximate surface area is 211 Å². The number of nitrogens with one attached hydrogen (secondary N) is 1. The minimum Gasteiger partial charge on any atom is -0.504 e. The molecule has 14 heteroatoms. The number of pyridine rings is 1. The van der Waals surface area contributed by atoms with Gasteiger partial charge in [-0.2, -0.15) is 0 Å². The predicted molar refractivity (Wildman–Crippen MR) is 132 cm³/mol. The van der Waals surface area contributed by atoms with Crippen molar-refractivity contribution in [3.05, 3.63) is 52.2 Å². The van der Waals surface area contributed by atoms with Crippen molar-refractivity contribution < 1.29 is 39.6 Å². The molecule has 5 N–H and O–H groups in total. The second kappa shape index (κ2) is 11.2. The number of thioether (sulfide) groups is 2. The molecule has 0 saturated carbocycles. The smallest absolute Gasteiger partial charge is 0.354 e. The van der Waals surface area contributed by atoms with E-state index in [0.29, 0.717) is 16.2 Å². The van der Waals surface area contributed by atoms with E-state index in [2.05, 4.69) is 10.3 Å². The van der Waals surface area contributed by atoms with Crippen molar-refractivity contribution in [2.45, 2.75) is 4.90 Å². The Hall–Kier alpha value is -3.62. The number of hydrogen-bond acceptors (Lipinski definition) is 10. The van der Waals surface area contributed by atoms with E-state index in [4.69, 9.17) is 22.4 Å². The molecule has 0 spiro atoms. The fourth-order valence-corrected chi connectivity index (χ4v) is 4.87. The molecule has 2 aromatic rings. The van der Waals surface area contributed by atoms with Crippen LogP contribution in [0.5, 0.6) is 11.5 Å². The van der Waals surface area contributed by atoms with Crippen molar-refractivity contribution in [1.82, 2.24) is 15.2 Å². The highest BCUT2D eigenvalue weighted by atomic mass is 32.2. The van der Waals surface area contributed by atoms with Crippen molar-refractivity contribution in [2.24, 2.45) is 0 Å². The molecule has 1 saturated heterocycles. The molecule has 1 fully saturated rings. The molecule has 182 valence electrons. The van der Waals surface area contributed by atoms with E-state index in [1.165, 1.54) is 36.4 Å². The molecule has 2 amide bonds. The zero-order valence-electron chi connectivity index (χ0n) is 17.6. The van der Waals surface area contributed by atoms with Crippen LogP contribution in [0.1, 0.15) is 26.5 Å². The number of thiocarbonyl (C=S) groups is 1. The molecule has 3 rings (SSSR count). The second-order valence-electron chi connectivity index (χ2n) is 6.90. The van der Waals surface area contributed by atoms with Gasteiger partial charge in [-0.05, 0) is 35.9 Å². The first-order chi connectivity index (χ1) is 16.5. The van der Waals surface area contributed by atoms with Gasteiger partial charge in [0.2, 0.25) is 5.91 Å². The normalized spacial score (nSPS) is 14.4. The third-order valence-corrected chi connectivity index (χ3v) is 6.76. The van der Waals surface area contributed by atoms with Crippen molar-refractivity contribution in [3.63, 3.8) is 0 Å². The van der Waals surface area contributed by atoms with Gasteiger partial charge in [0.15, 0.2) is 11.5 Å². The number of carboxylic acids is 2. The third kappa shape index (κ3) is 6.71. The molecule has 2 heterocycles. The Balaban J connectivity index is 1.53. The van der Waals surface area contributed by atoms with Gasteiger partial charge >= 0.3 is 11.9 Å². The number of carboxylic acid groups (broad SMARTS) is 2. The summed E-state index contributed by atoms with van der Waals surface area (Å²) in [4.78, 5) is 52.5. The van der Waals surface area contributed by atoms with Crippen LogP contribution in [-0.2, 0) is 9.59 Å². The summed E-state index contributed by atoms with van der Waals surface area (Å²) < 4.78 is 0.188. The average Bonchev–Trinajstić information content (AvgIpc) is 3.06. The van der Waals surface area contributed by atoms with E-state index < -0.39 is 35.1 Å². The van der Waals surface area contributed by atoms with Gasteiger partial charge < -0.3 is 25.7 Å². The standard InChI is InChI=1S/C21H17N3O8S3/c25-14-2-1-10(5-15(14)26)6-16-18(28)24(21(33)35-16)9-17(27)22-3-4-34-11-7-12(19(29)30)23-13(8-11)20(31)32/h1-2,5-8,25-26H,3-4,9H2,(H,22,27)(H,29,30)(H,31,32)/b16-6-. The fraction of sp³-hybridized carbons (Fsp3) is 0.143. The maximum atomic E-state index is 12.6. The van der Waals surface area contributed by atoms with E-state index in [9.17, 15) is 29.4 Å². The van der Waals surface area contributed by atoms with Crippen molar-refractivity contribution in [2.75, 3.05) is 18.8 Å². The lowest BCUT2D eigenvalue weighted by Crippen LogP contribution is -2.40. The zero-order chi connectivity index (χ0) is 25.7. The Morgan fingerprint density at radius 1 is 1.09 bits per heavy atom. The lowest BCUT2D eigenvalue weighted by molar-refractivity contribution is -0.128. The van der Waals surface area contributed by atoms with Crippen LogP contribution in [0.25, 0.3) is 6.08 Å². The molecule has 11 nitrogen and oxygen atoms in total. The van der Waals surface area contributed by atoms with Crippen LogP contribution < -0.4 is 5.32 Å². The molecule has 35 heavy (non-hydrogen) atoms. The van der Waals surface area contributed by atoms with Crippen LogP contribution >= 0.6 is 35.7 Å². The zero-order valence-corrected chi connectivity index (χ0v) is 20.1. The van der Waals surface area contributed by atoms with Crippen LogP contribution in [0.2, 0.25) is 0 Å². The number of phenolic OH excluding ortho intramolecular Hbond substituents is 2. The summed E-state index contributed by atoms with van der Waals surface area (Å²) in [6, 6.07) is 6.55. The first-order valence-electron chi connectivity index (χ1n) is 9.70. The monoisotopic (exact) mass is 535 g/mol. The largest absolute Gasteiger partial charge is 0.504 e. The molecular formula is C21H17N3O8S3. The molecule has 0 atom stereocenters. The Morgan fingerprint density at radius 2 is 1.74 bits per heavy atom. The van der Waals surface area contributed by atoms with Gasteiger partial charge in [0, 0.05) is 17.2 Å². The molecule has 0 unspecified atom stereocenters. The van der Waals surface area contributed by atoms with E-state index >= 15 is 0 Å². The number of aromatic carboxylic acids is 2. The third-order valence-electron chi connectivity index (χ3n) is 4.40. The van der Waals surface area contributed by atoms with Crippen LogP contribution in [-0.4, -0.2) is 77.2 Å². The maximum Gasteiger partial charge on any atom is 0.354 e. The summed E-state index contributed by atoms with van der Waals surface area (Å²) in [5.41, 5.74) is -0.335. The maximum absolute atomic E-state index is 12.6. The van der Waals surface area contributed by atoms with Gasteiger partial charge in [-0.15, -0.1) is 11.8 Å². The molecule has 0 bridgehead atoms. The summed E-state index contributed by atoms with van der Waals surface area (Å²) in [5.74, 6) is -3.99. The van der Waals surface area contributed by atoms with Crippen LogP contribution in [0.4, 0.5) is 0 Å². The van der Waals surface area contributed by atoms with Gasteiger partial charge in [0.1, 0.15) is 22.3 Å². The number of amides is 2. The lowest BCUT2D eigenvalue weighted by Gasteiger charge is -2.14. The Bertz CT molecular complexity index is 1230. The van der Waals surface area contributed by atoms with Crippen LogP contribution in [0.15, 0.2) is 40.1 Å². The molecule has 1 aliphatic heterocycles. The molecule has 0 aliphatic carbocycles. The van der Waals surface area contributed by atoms with Crippen molar-refractivity contribution in [3.8, 4) is 11.5 Å². The SMILES string of the molecule is O=C(CN1C(=O)/C(=C/c2ccc(O)c(O)c2)SC1=S)NCCSc1cc(C(=O)O)nc(C(=O)O)c1. The summed E-state index contributed by atoms with van der Waals surface area (Å²) in [6.07, 6.45) is 1.48. The first kappa shape index (κ1) is 26.0. The predicted octanol–water partition coefficient (Wildman–Crippen LogP) is 2.00. The number of hydrogen-bond donors (Lipinski definition) is 5. The number of carbonyl (C=O) groups excluding carboxylic acids is 2. The number of phenols is 2. The van der Waals surface area contributed by atoms with Gasteiger partial charge in [-0.3, -0.25) is 14.5 Å². The highest BCUT2D eigenvalue weighted by Gasteiger charge is 2.33. The molecule has 1 aromatic heterocycles. The van der Waals surface area contributed by atoms with Gasteiger partial charge in [-0.1, -0.05) is 30.0 Å². The summed E-state index contributed by atoms with van der Waals surface area (Å²) in [7, 11) is 0. The van der Waals surface area contributed by atoms with E-state index in [1.807, 2.05) is 0 Å². The topological polar surface area (TPSA) is 177 Å². The first-order valence-corrected chi connectivity index (χ1v) is 11.9. The number of carbonyl (C=O) groups is 4. The van der Waals surface area contributed by atoms with E-state index in [0.717, 1.165) is 28.4 Å². The number of benzene rings is 1. The number of aromatic nitrogens is 1. The van der Waals surface area contributed by atoms with Crippen molar-refractivity contribution in [1.29, 1.82) is 0 Å². The average molecular weight is 536 g/mol. The summed E-state index contributed by atoms with van der Waals surface area (Å²) in [5, 5.41) is 39.8. The quantitative estimate of drug-likeness (QED) is 0.104. The highest BCUT2D eigenvalue weighted by molar-refractivity contribution is 8.26. The van der Waals surface area contributed by atoms with Gasteiger partial charge in [0.05, 0.1) is 4.91 Å². The highest BCUT2D eigenvalue weighted by Crippen LogP contribution is 2.34. The minimum atomic E-state index is -1.36. The Morgan fingerprint density at radius 3 is 2.34 bits per heavy atom. The molecule has 1 aromatic carbocycles. The Kier molecular flexibility index (Phi) is 8.32. The number of aromatic hydroxyl groups is 2. The fourth-order valence-electron chi connectivity index (χ4n) is 2.78. The lowest BCUT2D eigenvalue weighted by atomic mass is 10.2. The second-order valence-corrected chi connectivity index (χ2v) is 9.74. The molecule has 1 aliphatic rings. The summed E-state index contributed by atoms with van der Waals surface area (Å²) >= 11 is 7.33. The van der Waals surface area contributed by atoms with Gasteiger partial charge in [-0.25, -0.2) is 14.6 Å². The van der Waals surface area contributed by atoms with Gasteiger partial charge in [0.25, 0.3) is 5.91 Å². The van der Waals surface area contributed by atoms with Crippen LogP contribution in [0, 0.1) is 0 Å². The minimum absolute atomic E-state index is 0.161. The number of nitrogens with zero attached hydrogens (tertiary/aromatic N) is 2. The van der Waals surface area contributed by atoms with Crippen molar-refractivity contribution >= 4 is 69.9 Å².